The predicted molar refractivity (Wildman–Crippen MR) is 138 cm³/mol. The SMILES string of the molecule is CCC(C(=O)OC(C)(C)C)N1C(=O)C(C)(CC(=O)O)CC(c2cccc(Cl)c2)C1c1ccc(Cl)cn1. The van der Waals surface area contributed by atoms with Gasteiger partial charge in [0, 0.05) is 17.1 Å². The molecule has 2 heterocycles. The molecule has 0 radical (unpaired) electrons. The number of amides is 1. The number of carbonyl (C=O) groups excluding carboxylic acids is 2. The fourth-order valence-electron chi connectivity index (χ4n) is 4.93. The van der Waals surface area contributed by atoms with Gasteiger partial charge < -0.3 is 14.7 Å². The summed E-state index contributed by atoms with van der Waals surface area (Å²) in [4.78, 5) is 45.4. The first-order valence-electron chi connectivity index (χ1n) is 11.9. The molecule has 1 saturated heterocycles. The molecule has 1 aromatic carbocycles. The van der Waals surface area contributed by atoms with Crippen molar-refractivity contribution in [2.75, 3.05) is 0 Å². The molecule has 3 rings (SSSR count). The number of benzene rings is 1. The first-order chi connectivity index (χ1) is 16.8. The number of nitrogens with zero attached hydrogens (tertiary/aromatic N) is 2. The first kappa shape index (κ1) is 27.9. The van der Waals surface area contributed by atoms with Crippen molar-refractivity contribution < 1.29 is 24.2 Å². The number of piperidine rings is 1. The number of halogens is 2. The molecule has 0 spiro atoms. The summed E-state index contributed by atoms with van der Waals surface area (Å²) in [6, 6.07) is 9.04. The molecule has 1 N–H and O–H groups in total. The molecule has 0 bridgehead atoms. The molecule has 194 valence electrons. The van der Waals surface area contributed by atoms with E-state index in [1.807, 2.05) is 12.1 Å². The molecule has 9 heteroatoms. The summed E-state index contributed by atoms with van der Waals surface area (Å²) in [5.74, 6) is -2.47. The van der Waals surface area contributed by atoms with E-state index in [1.165, 1.54) is 11.1 Å². The van der Waals surface area contributed by atoms with Gasteiger partial charge in [-0.2, -0.15) is 0 Å². The van der Waals surface area contributed by atoms with Gasteiger partial charge in [0.1, 0.15) is 11.6 Å². The molecule has 36 heavy (non-hydrogen) atoms. The van der Waals surface area contributed by atoms with E-state index in [0.717, 1.165) is 5.56 Å². The second-order valence-corrected chi connectivity index (χ2v) is 11.4. The van der Waals surface area contributed by atoms with Gasteiger partial charge in [0.2, 0.25) is 5.91 Å². The van der Waals surface area contributed by atoms with Crippen molar-refractivity contribution in [3.05, 3.63) is 63.9 Å². The normalized spacial score (nSPS) is 23.3. The van der Waals surface area contributed by atoms with E-state index in [0.29, 0.717) is 15.7 Å². The number of carboxylic acids is 1. The van der Waals surface area contributed by atoms with Gasteiger partial charge in [0.05, 0.1) is 28.6 Å². The minimum absolute atomic E-state index is 0.231. The number of aliphatic carboxylic acids is 1. The van der Waals surface area contributed by atoms with Crippen molar-refractivity contribution in [1.82, 2.24) is 9.88 Å². The lowest BCUT2D eigenvalue weighted by atomic mass is 9.67. The highest BCUT2D eigenvalue weighted by Gasteiger charge is 2.54. The monoisotopic (exact) mass is 534 g/mol. The fourth-order valence-corrected chi connectivity index (χ4v) is 5.24. The molecular weight excluding hydrogens is 503 g/mol. The van der Waals surface area contributed by atoms with Crippen molar-refractivity contribution in [2.45, 2.75) is 77.5 Å². The number of aromatic nitrogens is 1. The van der Waals surface area contributed by atoms with Crippen LogP contribution in [0.15, 0.2) is 42.6 Å². The number of carbonyl (C=O) groups is 3. The number of pyridine rings is 1. The molecule has 4 atom stereocenters. The van der Waals surface area contributed by atoms with Crippen LogP contribution in [0, 0.1) is 5.41 Å². The van der Waals surface area contributed by atoms with E-state index in [4.69, 9.17) is 27.9 Å². The van der Waals surface area contributed by atoms with Gasteiger partial charge in [-0.25, -0.2) is 4.79 Å². The van der Waals surface area contributed by atoms with Crippen LogP contribution >= 0.6 is 23.2 Å². The summed E-state index contributed by atoms with van der Waals surface area (Å²) < 4.78 is 5.69. The molecule has 1 amide bonds. The summed E-state index contributed by atoms with van der Waals surface area (Å²) in [6.07, 6.45) is 1.61. The molecule has 0 aliphatic carbocycles. The minimum atomic E-state index is -1.27. The molecule has 1 aromatic heterocycles. The number of hydrogen-bond acceptors (Lipinski definition) is 5. The Kier molecular flexibility index (Phi) is 8.36. The van der Waals surface area contributed by atoms with Crippen LogP contribution in [0.1, 0.15) is 77.1 Å². The Balaban J connectivity index is 2.25. The number of esters is 1. The number of carboxylic acid groups (broad SMARTS) is 1. The van der Waals surface area contributed by atoms with Gasteiger partial charge in [-0.3, -0.25) is 14.6 Å². The predicted octanol–water partition coefficient (Wildman–Crippen LogP) is 6.05. The van der Waals surface area contributed by atoms with E-state index in [9.17, 15) is 19.5 Å². The molecule has 4 unspecified atom stereocenters. The average Bonchev–Trinajstić information content (AvgIpc) is 2.76. The van der Waals surface area contributed by atoms with Crippen molar-refractivity contribution in [2.24, 2.45) is 5.41 Å². The molecule has 0 saturated carbocycles. The molecule has 1 aliphatic rings. The van der Waals surface area contributed by atoms with Gasteiger partial charge in [-0.05, 0) is 63.4 Å². The average molecular weight is 535 g/mol. The summed E-state index contributed by atoms with van der Waals surface area (Å²) in [5.41, 5.74) is -0.680. The first-order valence-corrected chi connectivity index (χ1v) is 12.7. The Bertz CT molecular complexity index is 1130. The second kappa shape index (κ2) is 10.8. The number of likely N-dealkylation sites (tertiary alicyclic amines) is 1. The summed E-state index contributed by atoms with van der Waals surface area (Å²) >= 11 is 12.4. The fraction of sp³-hybridized carbons (Fsp3) is 0.481. The lowest BCUT2D eigenvalue weighted by Crippen LogP contribution is -2.58. The molecule has 1 aliphatic heterocycles. The topological polar surface area (TPSA) is 96.8 Å². The van der Waals surface area contributed by atoms with Crippen LogP contribution in [0.5, 0.6) is 0 Å². The van der Waals surface area contributed by atoms with Gasteiger partial charge >= 0.3 is 11.9 Å². The van der Waals surface area contributed by atoms with Crippen LogP contribution in [0.25, 0.3) is 0 Å². The zero-order valence-corrected chi connectivity index (χ0v) is 22.6. The van der Waals surface area contributed by atoms with Crippen LogP contribution in [0.4, 0.5) is 0 Å². The lowest BCUT2D eigenvalue weighted by Gasteiger charge is -2.50. The van der Waals surface area contributed by atoms with E-state index in [1.54, 1.807) is 58.9 Å². The summed E-state index contributed by atoms with van der Waals surface area (Å²) in [7, 11) is 0. The van der Waals surface area contributed by atoms with Crippen LogP contribution in [-0.2, 0) is 19.1 Å². The van der Waals surface area contributed by atoms with Crippen LogP contribution in [-0.4, -0.2) is 44.5 Å². The van der Waals surface area contributed by atoms with Gasteiger partial charge in [-0.1, -0.05) is 49.2 Å². The highest BCUT2D eigenvalue weighted by atomic mass is 35.5. The number of ether oxygens (including phenoxy) is 1. The van der Waals surface area contributed by atoms with Crippen molar-refractivity contribution >= 4 is 41.0 Å². The maximum Gasteiger partial charge on any atom is 0.329 e. The molecule has 7 nitrogen and oxygen atoms in total. The smallest absolute Gasteiger partial charge is 0.329 e. The molecule has 2 aromatic rings. The number of hydrogen-bond donors (Lipinski definition) is 1. The van der Waals surface area contributed by atoms with E-state index in [-0.39, 0.29) is 19.3 Å². The Hall–Kier alpha value is -2.64. The Morgan fingerprint density at radius 2 is 1.92 bits per heavy atom. The standard InChI is InChI=1S/C27H32Cl2N2O5/c1-6-21(24(34)36-26(2,3)4)31-23(20-11-10-18(29)15-30-20)19(16-8-7-9-17(28)12-16)13-27(5,25(31)35)14-22(32)33/h7-12,15,19,21,23H,6,13-14H2,1-5H3,(H,32,33). The van der Waals surface area contributed by atoms with Gasteiger partial charge in [0.15, 0.2) is 0 Å². The summed E-state index contributed by atoms with van der Waals surface area (Å²) in [6.45, 7) is 8.72. The molecule has 1 fully saturated rings. The largest absolute Gasteiger partial charge is 0.481 e. The maximum absolute atomic E-state index is 14.1. The zero-order chi connectivity index (χ0) is 26.8. The Labute approximate surface area is 221 Å². The highest BCUT2D eigenvalue weighted by Crippen LogP contribution is 2.52. The van der Waals surface area contributed by atoms with E-state index >= 15 is 0 Å². The number of rotatable bonds is 7. The zero-order valence-electron chi connectivity index (χ0n) is 21.1. The highest BCUT2D eigenvalue weighted by molar-refractivity contribution is 6.30. The van der Waals surface area contributed by atoms with Crippen molar-refractivity contribution in [1.29, 1.82) is 0 Å². The third-order valence-electron chi connectivity index (χ3n) is 6.37. The quantitative estimate of drug-likeness (QED) is 0.434. The van der Waals surface area contributed by atoms with Gasteiger partial charge in [0.25, 0.3) is 0 Å². The van der Waals surface area contributed by atoms with E-state index in [2.05, 4.69) is 4.98 Å². The third kappa shape index (κ3) is 6.19. The second-order valence-electron chi connectivity index (χ2n) is 10.5. The van der Waals surface area contributed by atoms with Crippen molar-refractivity contribution in [3.63, 3.8) is 0 Å². The Morgan fingerprint density at radius 3 is 2.44 bits per heavy atom. The van der Waals surface area contributed by atoms with Crippen LogP contribution in [0.2, 0.25) is 10.0 Å². The minimum Gasteiger partial charge on any atom is -0.481 e. The summed E-state index contributed by atoms with van der Waals surface area (Å²) in [5, 5.41) is 10.6. The van der Waals surface area contributed by atoms with Gasteiger partial charge in [-0.15, -0.1) is 0 Å². The van der Waals surface area contributed by atoms with E-state index < -0.39 is 46.9 Å². The van der Waals surface area contributed by atoms with Crippen LogP contribution in [0.3, 0.4) is 0 Å². The Morgan fingerprint density at radius 1 is 1.22 bits per heavy atom. The van der Waals surface area contributed by atoms with Crippen LogP contribution < -0.4 is 0 Å². The maximum atomic E-state index is 14.1. The molecular formula is C27H32Cl2N2O5. The lowest BCUT2D eigenvalue weighted by molar-refractivity contribution is -0.175. The van der Waals surface area contributed by atoms with Crippen molar-refractivity contribution in [3.8, 4) is 0 Å². The third-order valence-corrected chi connectivity index (χ3v) is 6.83.